The number of benzene rings is 1. The van der Waals surface area contributed by atoms with Crippen LogP contribution in [0.2, 0.25) is 0 Å². The summed E-state index contributed by atoms with van der Waals surface area (Å²) in [5, 5.41) is 3.93. The normalized spacial score (nSPS) is 10.7. The first kappa shape index (κ1) is 13.2. The number of carbonyl (C=O) groups excluding carboxylic acids is 1. The minimum absolute atomic E-state index is 0.258. The number of amides is 1. The molecule has 0 bridgehead atoms. The van der Waals surface area contributed by atoms with Gasteiger partial charge in [-0.1, -0.05) is 6.07 Å². The van der Waals surface area contributed by atoms with E-state index in [0.717, 1.165) is 22.2 Å². The minimum Gasteiger partial charge on any atom is -0.359 e. The van der Waals surface area contributed by atoms with Gasteiger partial charge in [0.1, 0.15) is 0 Å². The summed E-state index contributed by atoms with van der Waals surface area (Å²) >= 11 is 0. The molecule has 0 aliphatic rings. The summed E-state index contributed by atoms with van der Waals surface area (Å²) in [6, 6.07) is 10.9. The second kappa shape index (κ2) is 5.28. The quantitative estimate of drug-likeness (QED) is 0.687. The molecule has 0 saturated heterocycles. The summed E-state index contributed by atoms with van der Waals surface area (Å²) in [6.07, 6.45) is 1.46. The number of hydrogen-bond donors (Lipinski definition) is 3. The van der Waals surface area contributed by atoms with Gasteiger partial charge in [0.25, 0.3) is 5.91 Å². The Morgan fingerprint density at radius 1 is 1.19 bits per heavy atom. The van der Waals surface area contributed by atoms with Crippen LogP contribution in [0.4, 0.5) is 0 Å². The lowest BCUT2D eigenvalue weighted by atomic mass is 10.1. The van der Waals surface area contributed by atoms with Crippen LogP contribution in [0.3, 0.4) is 0 Å². The Balaban J connectivity index is 1.73. The maximum atomic E-state index is 12.0. The lowest BCUT2D eigenvalue weighted by Crippen LogP contribution is -2.24. The molecule has 0 aliphatic carbocycles. The molecule has 0 fully saturated rings. The van der Waals surface area contributed by atoms with Crippen LogP contribution >= 0.6 is 0 Å². The van der Waals surface area contributed by atoms with Crippen molar-refractivity contribution in [3.63, 3.8) is 0 Å². The summed E-state index contributed by atoms with van der Waals surface area (Å²) in [5.41, 5.74) is 3.27. The van der Waals surface area contributed by atoms with Crippen molar-refractivity contribution in [3.05, 3.63) is 69.8 Å². The largest absolute Gasteiger partial charge is 0.359 e. The van der Waals surface area contributed by atoms with Gasteiger partial charge in [-0.3, -0.25) is 9.59 Å². The number of hydrogen-bond acceptors (Lipinski definition) is 2. The van der Waals surface area contributed by atoms with Crippen LogP contribution < -0.4 is 10.9 Å². The SMILES string of the molecule is Cc1cc2cc(CNC(=O)c3cc[nH]c(=O)c3)ccc2[nH]1. The Bertz CT molecular complexity index is 861. The highest BCUT2D eigenvalue weighted by Gasteiger charge is 2.06. The number of aromatic nitrogens is 2. The van der Waals surface area contributed by atoms with Gasteiger partial charge in [-0.25, -0.2) is 0 Å². The monoisotopic (exact) mass is 281 g/mol. The van der Waals surface area contributed by atoms with Gasteiger partial charge in [0.15, 0.2) is 0 Å². The third-order valence-corrected chi connectivity index (χ3v) is 3.31. The molecule has 0 radical (unpaired) electrons. The smallest absolute Gasteiger partial charge is 0.251 e. The third-order valence-electron chi connectivity index (χ3n) is 3.31. The molecule has 5 heteroatoms. The Morgan fingerprint density at radius 2 is 2.05 bits per heavy atom. The van der Waals surface area contributed by atoms with Crippen molar-refractivity contribution in [1.82, 2.24) is 15.3 Å². The maximum Gasteiger partial charge on any atom is 0.251 e. The summed E-state index contributed by atoms with van der Waals surface area (Å²) in [4.78, 5) is 28.9. The zero-order valence-electron chi connectivity index (χ0n) is 11.6. The topological polar surface area (TPSA) is 77.8 Å². The molecular weight excluding hydrogens is 266 g/mol. The predicted molar refractivity (Wildman–Crippen MR) is 81.3 cm³/mol. The van der Waals surface area contributed by atoms with E-state index in [-0.39, 0.29) is 11.5 Å². The third kappa shape index (κ3) is 2.86. The van der Waals surface area contributed by atoms with E-state index in [9.17, 15) is 9.59 Å². The number of aromatic amines is 2. The second-order valence-electron chi connectivity index (χ2n) is 5.00. The Labute approximate surface area is 121 Å². The van der Waals surface area contributed by atoms with E-state index in [1.165, 1.54) is 12.3 Å². The van der Waals surface area contributed by atoms with Crippen LogP contribution in [-0.4, -0.2) is 15.9 Å². The number of rotatable bonds is 3. The average Bonchev–Trinajstić information content (AvgIpc) is 2.84. The highest BCUT2D eigenvalue weighted by molar-refractivity contribution is 5.94. The number of carbonyl (C=O) groups is 1. The van der Waals surface area contributed by atoms with Gasteiger partial charge in [0, 0.05) is 35.6 Å². The van der Waals surface area contributed by atoms with Crippen LogP contribution in [0.1, 0.15) is 21.6 Å². The molecule has 1 aromatic carbocycles. The highest BCUT2D eigenvalue weighted by atomic mass is 16.2. The predicted octanol–water partition coefficient (Wildman–Crippen LogP) is 2.09. The lowest BCUT2D eigenvalue weighted by Gasteiger charge is -2.05. The lowest BCUT2D eigenvalue weighted by molar-refractivity contribution is 0.0950. The standard InChI is InChI=1S/C16H15N3O2/c1-10-6-13-7-11(2-3-14(13)19-10)9-18-16(21)12-4-5-17-15(20)8-12/h2-8,19H,9H2,1H3,(H,17,20)(H,18,21). The summed E-state index contributed by atoms with van der Waals surface area (Å²) < 4.78 is 0. The summed E-state index contributed by atoms with van der Waals surface area (Å²) in [5.74, 6) is -0.258. The number of fused-ring (bicyclic) bond motifs is 1. The fourth-order valence-corrected chi connectivity index (χ4v) is 2.31. The molecule has 3 N–H and O–H groups in total. The van der Waals surface area contributed by atoms with E-state index >= 15 is 0 Å². The number of nitrogens with one attached hydrogen (secondary N) is 3. The van der Waals surface area contributed by atoms with Crippen LogP contribution in [0.5, 0.6) is 0 Å². The van der Waals surface area contributed by atoms with Gasteiger partial charge in [0.05, 0.1) is 0 Å². The van der Waals surface area contributed by atoms with Gasteiger partial charge in [-0.05, 0) is 42.1 Å². The van der Waals surface area contributed by atoms with E-state index in [1.54, 1.807) is 6.07 Å². The molecule has 0 atom stereocenters. The first-order chi connectivity index (χ1) is 10.1. The van der Waals surface area contributed by atoms with Crippen LogP contribution in [0, 0.1) is 6.92 Å². The zero-order chi connectivity index (χ0) is 14.8. The van der Waals surface area contributed by atoms with E-state index in [4.69, 9.17) is 0 Å². The molecule has 21 heavy (non-hydrogen) atoms. The molecule has 3 rings (SSSR count). The Kier molecular flexibility index (Phi) is 3.31. The van der Waals surface area contributed by atoms with Gasteiger partial charge in [-0.2, -0.15) is 0 Å². The molecule has 3 aromatic rings. The Hall–Kier alpha value is -2.82. The molecule has 0 spiro atoms. The molecule has 5 nitrogen and oxygen atoms in total. The Morgan fingerprint density at radius 3 is 2.86 bits per heavy atom. The van der Waals surface area contributed by atoms with Gasteiger partial charge in [-0.15, -0.1) is 0 Å². The molecule has 2 aromatic heterocycles. The van der Waals surface area contributed by atoms with E-state index in [1.807, 2.05) is 25.1 Å². The maximum absolute atomic E-state index is 12.0. The van der Waals surface area contributed by atoms with Crippen molar-refractivity contribution in [2.45, 2.75) is 13.5 Å². The molecule has 0 saturated carbocycles. The molecule has 2 heterocycles. The number of H-pyrrole nitrogens is 2. The molecule has 0 unspecified atom stereocenters. The fraction of sp³-hybridized carbons (Fsp3) is 0.125. The molecular formula is C16H15N3O2. The van der Waals surface area contributed by atoms with Crippen LogP contribution in [0.15, 0.2) is 47.4 Å². The second-order valence-corrected chi connectivity index (χ2v) is 5.00. The van der Waals surface area contributed by atoms with E-state index in [2.05, 4.69) is 21.4 Å². The van der Waals surface area contributed by atoms with Crippen molar-refractivity contribution < 1.29 is 4.79 Å². The highest BCUT2D eigenvalue weighted by Crippen LogP contribution is 2.16. The van der Waals surface area contributed by atoms with E-state index < -0.39 is 0 Å². The number of aryl methyl sites for hydroxylation is 1. The average molecular weight is 281 g/mol. The zero-order valence-corrected chi connectivity index (χ0v) is 11.6. The van der Waals surface area contributed by atoms with Gasteiger partial charge < -0.3 is 15.3 Å². The van der Waals surface area contributed by atoms with E-state index in [0.29, 0.717) is 12.1 Å². The van der Waals surface area contributed by atoms with Gasteiger partial charge in [0.2, 0.25) is 5.56 Å². The van der Waals surface area contributed by atoms with Crippen molar-refractivity contribution in [3.8, 4) is 0 Å². The van der Waals surface area contributed by atoms with Crippen LogP contribution in [0.25, 0.3) is 10.9 Å². The first-order valence-electron chi connectivity index (χ1n) is 6.67. The van der Waals surface area contributed by atoms with Gasteiger partial charge >= 0.3 is 0 Å². The minimum atomic E-state index is -0.285. The van der Waals surface area contributed by atoms with Crippen molar-refractivity contribution in [1.29, 1.82) is 0 Å². The summed E-state index contributed by atoms with van der Waals surface area (Å²) in [6.45, 7) is 2.43. The first-order valence-corrected chi connectivity index (χ1v) is 6.67. The summed E-state index contributed by atoms with van der Waals surface area (Å²) in [7, 11) is 0. The van der Waals surface area contributed by atoms with Crippen molar-refractivity contribution in [2.75, 3.05) is 0 Å². The molecule has 106 valence electrons. The fourth-order valence-electron chi connectivity index (χ4n) is 2.31. The van der Waals surface area contributed by atoms with Crippen molar-refractivity contribution >= 4 is 16.8 Å². The van der Waals surface area contributed by atoms with Crippen molar-refractivity contribution in [2.24, 2.45) is 0 Å². The number of pyridine rings is 1. The molecule has 0 aliphatic heterocycles. The van der Waals surface area contributed by atoms with Crippen LogP contribution in [-0.2, 0) is 6.54 Å². The molecule has 1 amide bonds.